The predicted molar refractivity (Wildman–Crippen MR) is 116 cm³/mol. The first-order valence-electron chi connectivity index (χ1n) is 11.2. The van der Waals surface area contributed by atoms with Crippen molar-refractivity contribution in [3.05, 3.63) is 16.2 Å². The number of carbonyl (C=O) groups is 1. The second-order valence-electron chi connectivity index (χ2n) is 8.72. The first-order chi connectivity index (χ1) is 14.0. The Morgan fingerprint density at radius 3 is 2.45 bits per heavy atom. The fraction of sp³-hybridized carbons (Fsp3) is 0.810. The van der Waals surface area contributed by atoms with E-state index in [9.17, 15) is 4.79 Å². The van der Waals surface area contributed by atoms with Crippen LogP contribution in [0.3, 0.4) is 0 Å². The minimum Gasteiger partial charge on any atom is -0.385 e. The van der Waals surface area contributed by atoms with Crippen molar-refractivity contribution in [1.82, 2.24) is 14.5 Å². The van der Waals surface area contributed by atoms with Crippen molar-refractivity contribution in [2.45, 2.75) is 58.7 Å². The van der Waals surface area contributed by atoms with Crippen molar-refractivity contribution < 1.29 is 19.3 Å². The van der Waals surface area contributed by atoms with Gasteiger partial charge in [0.1, 0.15) is 26.2 Å². The molecule has 2 heterocycles. The van der Waals surface area contributed by atoms with Crippen LogP contribution in [0.4, 0.5) is 0 Å². The number of quaternary nitrogens is 2. The molecule has 2 fully saturated rings. The molecule has 1 saturated heterocycles. The zero-order valence-electron chi connectivity index (χ0n) is 18.4. The maximum atomic E-state index is 12.1. The lowest BCUT2D eigenvalue weighted by Crippen LogP contribution is -3.28. The Bertz CT molecular complexity index is 730. The highest BCUT2D eigenvalue weighted by molar-refractivity contribution is 7.71. The molecule has 0 atom stereocenters. The van der Waals surface area contributed by atoms with Gasteiger partial charge in [-0.05, 0) is 45.3 Å². The van der Waals surface area contributed by atoms with E-state index >= 15 is 0 Å². The number of amides is 1. The number of nitrogens with zero attached hydrogens (tertiary/aromatic N) is 2. The number of carbonyl (C=O) groups excluding carboxylic acids is 1. The average Bonchev–Trinajstić information content (AvgIpc) is 3.30. The summed E-state index contributed by atoms with van der Waals surface area (Å²) in [4.78, 5) is 15.1. The molecule has 3 rings (SSSR count). The van der Waals surface area contributed by atoms with Crippen molar-refractivity contribution >= 4 is 18.1 Å². The van der Waals surface area contributed by atoms with E-state index in [0.29, 0.717) is 25.7 Å². The molecule has 0 aromatic carbocycles. The van der Waals surface area contributed by atoms with E-state index in [4.69, 9.17) is 17.0 Å². The monoisotopic (exact) mass is 425 g/mol. The number of nitrogens with one attached hydrogen (secondary N) is 3. The van der Waals surface area contributed by atoms with Gasteiger partial charge in [0.05, 0.1) is 0 Å². The third kappa shape index (κ3) is 5.69. The van der Waals surface area contributed by atoms with Gasteiger partial charge >= 0.3 is 0 Å². The number of hydrogen-bond donors (Lipinski definition) is 3. The van der Waals surface area contributed by atoms with Crippen LogP contribution in [0, 0.1) is 18.6 Å². The van der Waals surface area contributed by atoms with Crippen LogP contribution in [0.2, 0.25) is 0 Å². The molecular weight excluding hydrogens is 386 g/mol. The molecule has 1 aliphatic carbocycles. The van der Waals surface area contributed by atoms with Gasteiger partial charge in [0.15, 0.2) is 18.0 Å². The Kier molecular flexibility index (Phi) is 8.29. The SMILES string of the molecule is COCCCNC(=O)C[NH+]1CC[NH+](Cn2c(C)c(C)n(C3CCCC3)c2=S)CC1. The second-order valence-corrected chi connectivity index (χ2v) is 9.09. The van der Waals surface area contributed by atoms with Crippen LogP contribution in [0.1, 0.15) is 49.5 Å². The number of rotatable bonds is 9. The van der Waals surface area contributed by atoms with Gasteiger partial charge in [-0.3, -0.25) is 9.36 Å². The van der Waals surface area contributed by atoms with E-state index in [2.05, 4.69) is 28.3 Å². The van der Waals surface area contributed by atoms with Crippen molar-refractivity contribution in [2.75, 3.05) is 53.0 Å². The summed E-state index contributed by atoms with van der Waals surface area (Å²) in [5.74, 6) is 0.155. The molecule has 3 N–H and O–H groups in total. The maximum Gasteiger partial charge on any atom is 0.275 e. The minimum absolute atomic E-state index is 0.155. The third-order valence-corrected chi connectivity index (χ3v) is 7.14. The van der Waals surface area contributed by atoms with Gasteiger partial charge in [0, 0.05) is 37.7 Å². The third-order valence-electron chi connectivity index (χ3n) is 6.72. The molecule has 0 radical (unpaired) electrons. The lowest BCUT2D eigenvalue weighted by Gasteiger charge is -2.29. The normalized spacial score (nSPS) is 22.9. The van der Waals surface area contributed by atoms with Crippen molar-refractivity contribution in [3.63, 3.8) is 0 Å². The molecule has 8 heteroatoms. The summed E-state index contributed by atoms with van der Waals surface area (Å²) in [6.07, 6.45) is 6.05. The van der Waals surface area contributed by atoms with Crippen LogP contribution >= 0.6 is 12.2 Å². The quantitative estimate of drug-likeness (QED) is 0.374. The van der Waals surface area contributed by atoms with E-state index in [1.165, 1.54) is 42.0 Å². The molecule has 2 aliphatic rings. The molecule has 1 saturated carbocycles. The van der Waals surface area contributed by atoms with Crippen LogP contribution < -0.4 is 15.1 Å². The van der Waals surface area contributed by atoms with E-state index in [0.717, 1.165) is 44.0 Å². The predicted octanol–water partition coefficient (Wildman–Crippen LogP) is -0.355. The standard InChI is InChI=1S/C21H37N5O2S/c1-17-18(2)26(19-7-4-5-8-19)21(29)25(17)16-24-12-10-23(11-13-24)15-20(27)22-9-6-14-28-3/h19H,4-16H2,1-3H3,(H,22,27)/p+2. The average molecular weight is 426 g/mol. The Hall–Kier alpha value is -1.22. The Morgan fingerprint density at radius 1 is 1.14 bits per heavy atom. The molecule has 7 nitrogen and oxygen atoms in total. The molecule has 0 spiro atoms. The highest BCUT2D eigenvalue weighted by atomic mass is 32.1. The van der Waals surface area contributed by atoms with Crippen LogP contribution in [-0.4, -0.2) is 68.0 Å². The molecule has 0 unspecified atom stereocenters. The smallest absolute Gasteiger partial charge is 0.275 e. The molecule has 1 aromatic heterocycles. The van der Waals surface area contributed by atoms with Crippen molar-refractivity contribution in [2.24, 2.45) is 0 Å². The Labute approximate surface area is 180 Å². The van der Waals surface area contributed by atoms with Gasteiger partial charge in [-0.1, -0.05) is 12.8 Å². The Morgan fingerprint density at radius 2 is 1.79 bits per heavy atom. The maximum absolute atomic E-state index is 12.1. The number of piperazine rings is 1. The summed E-state index contributed by atoms with van der Waals surface area (Å²) in [5, 5.41) is 3.00. The number of hydrogen-bond acceptors (Lipinski definition) is 3. The number of methoxy groups -OCH3 is 1. The number of aromatic nitrogens is 2. The topological polar surface area (TPSA) is 57.1 Å². The summed E-state index contributed by atoms with van der Waals surface area (Å²) in [6, 6.07) is 0.598. The van der Waals surface area contributed by atoms with E-state index in [1.807, 2.05) is 0 Å². The molecule has 1 aliphatic heterocycles. The summed E-state index contributed by atoms with van der Waals surface area (Å²) < 4.78 is 10.8. The molecular formula is C21H39N5O2S+2. The highest BCUT2D eigenvalue weighted by Gasteiger charge is 2.27. The zero-order valence-corrected chi connectivity index (χ0v) is 19.2. The van der Waals surface area contributed by atoms with Gasteiger partial charge in [-0.2, -0.15) is 0 Å². The molecule has 164 valence electrons. The van der Waals surface area contributed by atoms with Crippen LogP contribution in [0.15, 0.2) is 0 Å². The summed E-state index contributed by atoms with van der Waals surface area (Å²) in [5.41, 5.74) is 2.66. The van der Waals surface area contributed by atoms with Gasteiger partial charge in [0.25, 0.3) is 5.91 Å². The van der Waals surface area contributed by atoms with E-state index < -0.39 is 0 Å². The van der Waals surface area contributed by atoms with Gasteiger partial charge in [-0.15, -0.1) is 0 Å². The lowest BCUT2D eigenvalue weighted by atomic mass is 10.2. The number of ether oxygens (including phenoxy) is 1. The largest absolute Gasteiger partial charge is 0.385 e. The fourth-order valence-electron chi connectivity index (χ4n) is 4.81. The summed E-state index contributed by atoms with van der Waals surface area (Å²) in [7, 11) is 1.69. The fourth-order valence-corrected chi connectivity index (χ4v) is 5.30. The lowest BCUT2D eigenvalue weighted by molar-refractivity contribution is -1.02. The Balaban J connectivity index is 1.49. The molecule has 1 amide bonds. The van der Waals surface area contributed by atoms with Crippen LogP contribution in [0.5, 0.6) is 0 Å². The van der Waals surface area contributed by atoms with Crippen LogP contribution in [-0.2, 0) is 16.2 Å². The van der Waals surface area contributed by atoms with Gasteiger partial charge in [-0.25, -0.2) is 0 Å². The minimum atomic E-state index is 0.155. The first-order valence-corrected chi connectivity index (χ1v) is 11.6. The molecule has 1 aromatic rings. The van der Waals surface area contributed by atoms with Crippen molar-refractivity contribution in [1.29, 1.82) is 0 Å². The highest BCUT2D eigenvalue weighted by Crippen LogP contribution is 2.32. The van der Waals surface area contributed by atoms with Gasteiger partial charge in [0.2, 0.25) is 0 Å². The second kappa shape index (κ2) is 10.7. The summed E-state index contributed by atoms with van der Waals surface area (Å²) >= 11 is 5.89. The molecule has 29 heavy (non-hydrogen) atoms. The zero-order chi connectivity index (χ0) is 20.8. The van der Waals surface area contributed by atoms with E-state index in [-0.39, 0.29) is 5.91 Å². The van der Waals surface area contributed by atoms with E-state index in [1.54, 1.807) is 12.0 Å². The number of imidazole rings is 1. The molecule has 0 bridgehead atoms. The van der Waals surface area contributed by atoms with Gasteiger partial charge < -0.3 is 24.4 Å². The van der Waals surface area contributed by atoms with Crippen molar-refractivity contribution in [3.8, 4) is 0 Å². The van der Waals surface area contributed by atoms with Crippen LogP contribution in [0.25, 0.3) is 0 Å². The first kappa shape index (κ1) is 22.5. The summed E-state index contributed by atoms with van der Waals surface area (Å²) in [6.45, 7) is 11.6.